The second-order valence-electron chi connectivity index (χ2n) is 6.52. The average Bonchev–Trinajstić information content (AvgIpc) is 3.03. The molecule has 0 saturated carbocycles. The van der Waals surface area contributed by atoms with Crippen molar-refractivity contribution in [1.29, 1.82) is 0 Å². The Bertz CT molecular complexity index is 712. The molecule has 1 aliphatic rings. The van der Waals surface area contributed by atoms with E-state index in [1.165, 1.54) is 6.08 Å². The van der Waals surface area contributed by atoms with Crippen molar-refractivity contribution in [3.8, 4) is 5.82 Å². The van der Waals surface area contributed by atoms with E-state index in [2.05, 4.69) is 10.1 Å². The summed E-state index contributed by atoms with van der Waals surface area (Å²) in [7, 11) is -1.00. The van der Waals surface area contributed by atoms with Gasteiger partial charge in [-0.3, -0.25) is 0 Å². The van der Waals surface area contributed by atoms with Crippen LogP contribution in [-0.4, -0.2) is 33.1 Å². The predicted octanol–water partition coefficient (Wildman–Crippen LogP) is 3.21. The lowest BCUT2D eigenvalue weighted by molar-refractivity contribution is 0.00578. The van der Waals surface area contributed by atoms with E-state index < -0.39 is 24.0 Å². The Morgan fingerprint density at radius 3 is 2.52 bits per heavy atom. The van der Waals surface area contributed by atoms with Gasteiger partial charge < -0.3 is 9.31 Å². The van der Waals surface area contributed by atoms with E-state index in [9.17, 15) is 4.39 Å². The highest BCUT2D eigenvalue weighted by atomic mass is 19.1. The van der Waals surface area contributed by atoms with Gasteiger partial charge in [-0.25, -0.2) is 14.1 Å². The summed E-state index contributed by atoms with van der Waals surface area (Å²) >= 11 is 0. The molecule has 7 heteroatoms. The molecule has 3 rings (SSSR count). The van der Waals surface area contributed by atoms with E-state index in [1.54, 1.807) is 23.3 Å². The monoisotopic (exact) mass is 315 g/mol. The number of pyridine rings is 1. The van der Waals surface area contributed by atoms with Crippen molar-refractivity contribution in [2.45, 2.75) is 38.9 Å². The maximum Gasteiger partial charge on any atom is 0.525 e. The van der Waals surface area contributed by atoms with Crippen LogP contribution in [0.5, 0.6) is 0 Å². The topological polar surface area (TPSA) is 49.2 Å². The molecule has 0 aliphatic carbocycles. The summed E-state index contributed by atoms with van der Waals surface area (Å²) in [5.74, 6) is 0.670. The largest absolute Gasteiger partial charge is 0.525 e. The van der Waals surface area contributed by atoms with Crippen molar-refractivity contribution >= 4 is 13.2 Å². The van der Waals surface area contributed by atoms with Crippen LogP contribution >= 0.6 is 0 Å². The molecule has 0 unspecified atom stereocenters. The molecule has 1 fully saturated rings. The van der Waals surface area contributed by atoms with Crippen molar-refractivity contribution in [3.63, 3.8) is 0 Å². The van der Waals surface area contributed by atoms with Gasteiger partial charge in [0.1, 0.15) is 5.73 Å². The number of hydrogen-bond acceptors (Lipinski definition) is 4. The molecule has 2 aromatic rings. The zero-order valence-corrected chi connectivity index (χ0v) is 13.7. The Hall–Kier alpha value is -1.99. The van der Waals surface area contributed by atoms with Crippen LogP contribution in [0.1, 0.15) is 33.3 Å². The Labute approximate surface area is 135 Å². The van der Waals surface area contributed by atoms with E-state index in [0.717, 1.165) is 0 Å². The summed E-state index contributed by atoms with van der Waals surface area (Å²) in [4.78, 5) is 4.19. The third-order valence-corrected chi connectivity index (χ3v) is 4.27. The molecule has 1 aliphatic heterocycles. The maximum absolute atomic E-state index is 14.5. The third kappa shape index (κ3) is 3.07. The minimum absolute atomic E-state index is 0.482. The second-order valence-corrected chi connectivity index (χ2v) is 6.52. The highest BCUT2D eigenvalue weighted by Crippen LogP contribution is 2.39. The molecule has 0 amide bonds. The van der Waals surface area contributed by atoms with Gasteiger partial charge in [0.15, 0.2) is 5.82 Å². The van der Waals surface area contributed by atoms with Gasteiger partial charge in [-0.15, -0.1) is 0 Å². The number of nitrogens with zero attached hydrogens (tertiary/aromatic N) is 3. The van der Waals surface area contributed by atoms with Crippen molar-refractivity contribution in [2.75, 3.05) is 0 Å². The summed E-state index contributed by atoms with van der Waals surface area (Å²) in [6.07, 6.45) is 6.32. The molecule has 1 saturated heterocycles. The Kier molecular flexibility index (Phi) is 3.86. The summed E-state index contributed by atoms with van der Waals surface area (Å²) in [6.45, 7) is 7.55. The molecule has 0 atom stereocenters. The molecular weight excluding hydrogens is 296 g/mol. The fourth-order valence-corrected chi connectivity index (χ4v) is 2.21. The first kappa shape index (κ1) is 15.9. The van der Waals surface area contributed by atoms with Gasteiger partial charge in [-0.05, 0) is 45.9 Å². The molecule has 0 N–H and O–H groups in total. The van der Waals surface area contributed by atoms with Crippen LogP contribution in [0.3, 0.4) is 0 Å². The van der Waals surface area contributed by atoms with E-state index in [1.807, 2.05) is 45.9 Å². The van der Waals surface area contributed by atoms with Gasteiger partial charge in [-0.2, -0.15) is 5.10 Å². The van der Waals surface area contributed by atoms with Crippen LogP contribution in [0.4, 0.5) is 4.39 Å². The smallest absolute Gasteiger partial charge is 0.398 e. The lowest BCUT2D eigenvalue weighted by atomic mass is 9.87. The molecule has 23 heavy (non-hydrogen) atoms. The SMILES string of the molecule is CC1(C)OB(C(F)=Cc2cnn(-c3ccccn3)c2)OC1(C)C. The molecule has 3 heterocycles. The summed E-state index contributed by atoms with van der Waals surface area (Å²) in [5.41, 5.74) is -1.01. The molecular formula is C16H19BFN3O2. The Morgan fingerprint density at radius 2 is 1.91 bits per heavy atom. The van der Waals surface area contributed by atoms with E-state index in [-0.39, 0.29) is 0 Å². The second kappa shape index (κ2) is 5.58. The minimum atomic E-state index is -1.00. The lowest BCUT2D eigenvalue weighted by Crippen LogP contribution is -2.41. The highest BCUT2D eigenvalue weighted by Gasteiger charge is 2.53. The van der Waals surface area contributed by atoms with Gasteiger partial charge in [0, 0.05) is 18.0 Å². The van der Waals surface area contributed by atoms with Crippen LogP contribution < -0.4 is 0 Å². The Balaban J connectivity index is 1.79. The highest BCUT2D eigenvalue weighted by molar-refractivity contribution is 6.54. The van der Waals surface area contributed by atoms with E-state index >= 15 is 0 Å². The van der Waals surface area contributed by atoms with Crippen LogP contribution in [0.15, 0.2) is 42.5 Å². The zero-order valence-electron chi connectivity index (χ0n) is 13.7. The average molecular weight is 315 g/mol. The van der Waals surface area contributed by atoms with Gasteiger partial charge in [-0.1, -0.05) is 6.07 Å². The molecule has 2 aromatic heterocycles. The summed E-state index contributed by atoms with van der Waals surface area (Å²) in [5, 5.41) is 4.18. The third-order valence-electron chi connectivity index (χ3n) is 4.27. The van der Waals surface area contributed by atoms with Crippen molar-refractivity contribution in [1.82, 2.24) is 14.8 Å². The first-order valence-electron chi connectivity index (χ1n) is 7.47. The fraction of sp³-hybridized carbons (Fsp3) is 0.375. The van der Waals surface area contributed by atoms with Crippen LogP contribution in [-0.2, 0) is 9.31 Å². The zero-order chi connectivity index (χ0) is 16.7. The minimum Gasteiger partial charge on any atom is -0.398 e. The molecule has 0 radical (unpaired) electrons. The van der Waals surface area contributed by atoms with Crippen molar-refractivity contribution < 1.29 is 13.7 Å². The normalized spacial score (nSPS) is 20.0. The lowest BCUT2D eigenvalue weighted by Gasteiger charge is -2.32. The number of halogens is 1. The fourth-order valence-electron chi connectivity index (χ4n) is 2.21. The first-order valence-corrected chi connectivity index (χ1v) is 7.47. The van der Waals surface area contributed by atoms with Crippen LogP contribution in [0.2, 0.25) is 0 Å². The van der Waals surface area contributed by atoms with Gasteiger partial charge in [0.25, 0.3) is 0 Å². The number of aromatic nitrogens is 3. The summed E-state index contributed by atoms with van der Waals surface area (Å²) < 4.78 is 27.4. The number of rotatable bonds is 3. The quantitative estimate of drug-likeness (QED) is 0.816. The molecule has 0 aromatic carbocycles. The van der Waals surface area contributed by atoms with Gasteiger partial charge in [0.05, 0.1) is 17.4 Å². The van der Waals surface area contributed by atoms with Crippen molar-refractivity contribution in [3.05, 3.63) is 48.1 Å². The van der Waals surface area contributed by atoms with E-state index in [4.69, 9.17) is 9.31 Å². The number of hydrogen-bond donors (Lipinski definition) is 0. The molecule has 0 bridgehead atoms. The van der Waals surface area contributed by atoms with Crippen LogP contribution in [0, 0.1) is 0 Å². The predicted molar refractivity (Wildman–Crippen MR) is 86.5 cm³/mol. The van der Waals surface area contributed by atoms with Gasteiger partial charge >= 0.3 is 7.12 Å². The molecule has 120 valence electrons. The van der Waals surface area contributed by atoms with E-state index in [0.29, 0.717) is 11.4 Å². The summed E-state index contributed by atoms with van der Waals surface area (Å²) in [6, 6.07) is 5.52. The maximum atomic E-state index is 14.5. The molecule has 5 nitrogen and oxygen atoms in total. The van der Waals surface area contributed by atoms with Crippen molar-refractivity contribution in [2.24, 2.45) is 0 Å². The molecule has 0 spiro atoms. The van der Waals surface area contributed by atoms with Gasteiger partial charge in [0.2, 0.25) is 0 Å². The first-order chi connectivity index (χ1) is 10.8. The van der Waals surface area contributed by atoms with Crippen LogP contribution in [0.25, 0.3) is 11.9 Å². The Morgan fingerprint density at radius 1 is 1.22 bits per heavy atom. The standard InChI is InChI=1S/C16H19BFN3O2/c1-15(2)16(3,4)23-17(22-15)13(18)9-12-10-20-21(11-12)14-7-5-6-8-19-14/h5-11H,1-4H3.